The average molecular weight is 477 g/mol. The molecule has 0 saturated carbocycles. The summed E-state index contributed by atoms with van der Waals surface area (Å²) in [6.45, 7) is 0.556. The predicted octanol–water partition coefficient (Wildman–Crippen LogP) is 5.33. The second kappa shape index (κ2) is 9.17. The fraction of sp³-hybridized carbons (Fsp3) is 0.261. The molecule has 31 heavy (non-hydrogen) atoms. The molecular formula is C23H22Cl2N2O3S. The van der Waals surface area contributed by atoms with Crippen molar-refractivity contribution in [3.05, 3.63) is 76.3 Å². The van der Waals surface area contributed by atoms with Crippen LogP contribution >= 0.6 is 23.2 Å². The first kappa shape index (κ1) is 22.1. The number of halogens is 2. The van der Waals surface area contributed by atoms with Gasteiger partial charge in [0.05, 0.1) is 11.7 Å². The van der Waals surface area contributed by atoms with E-state index in [4.69, 9.17) is 23.2 Å². The summed E-state index contributed by atoms with van der Waals surface area (Å²) in [5, 5.41) is 5.85. The number of nitrogens with one attached hydrogen (secondary N) is 1. The summed E-state index contributed by atoms with van der Waals surface area (Å²) in [5.74, 6) is -0.794. The molecule has 1 aliphatic rings. The Balaban J connectivity index is 1.44. The molecule has 0 spiro atoms. The lowest BCUT2D eigenvalue weighted by Crippen LogP contribution is -2.44. The topological polar surface area (TPSA) is 66.5 Å². The minimum absolute atomic E-state index is 0.160. The van der Waals surface area contributed by atoms with Gasteiger partial charge in [-0.05, 0) is 53.4 Å². The summed E-state index contributed by atoms with van der Waals surface area (Å²) < 4.78 is 27.3. The number of hydrogen-bond donors (Lipinski definition) is 1. The molecule has 1 atom stereocenters. The van der Waals surface area contributed by atoms with E-state index in [0.29, 0.717) is 40.7 Å². The molecule has 3 aromatic rings. The van der Waals surface area contributed by atoms with Crippen molar-refractivity contribution in [2.45, 2.75) is 18.6 Å². The van der Waals surface area contributed by atoms with Crippen molar-refractivity contribution in [3.63, 3.8) is 0 Å². The van der Waals surface area contributed by atoms with Gasteiger partial charge in [0, 0.05) is 28.8 Å². The first-order valence-electron chi connectivity index (χ1n) is 10.0. The highest BCUT2D eigenvalue weighted by Crippen LogP contribution is 2.27. The number of carbonyl (C=O) groups is 1. The van der Waals surface area contributed by atoms with Gasteiger partial charge in [-0.3, -0.25) is 4.79 Å². The van der Waals surface area contributed by atoms with Crippen LogP contribution in [0.15, 0.2) is 60.7 Å². The number of anilines is 1. The Kier molecular flexibility index (Phi) is 6.53. The monoisotopic (exact) mass is 476 g/mol. The van der Waals surface area contributed by atoms with Gasteiger partial charge in [-0.15, -0.1) is 0 Å². The van der Waals surface area contributed by atoms with Crippen molar-refractivity contribution in [1.82, 2.24) is 4.31 Å². The smallest absolute Gasteiger partial charge is 0.228 e. The molecule has 1 N–H and O–H groups in total. The largest absolute Gasteiger partial charge is 0.326 e. The van der Waals surface area contributed by atoms with Gasteiger partial charge in [0.2, 0.25) is 15.9 Å². The lowest BCUT2D eigenvalue weighted by molar-refractivity contribution is -0.120. The molecule has 4 rings (SSSR count). The van der Waals surface area contributed by atoms with Crippen LogP contribution in [0.4, 0.5) is 5.69 Å². The molecule has 0 aliphatic carbocycles. The molecule has 0 aromatic heterocycles. The Bertz CT molecular complexity index is 1230. The number of piperidine rings is 1. The van der Waals surface area contributed by atoms with E-state index in [9.17, 15) is 13.2 Å². The van der Waals surface area contributed by atoms with Crippen molar-refractivity contribution in [3.8, 4) is 0 Å². The quantitative estimate of drug-likeness (QED) is 0.541. The highest BCUT2D eigenvalue weighted by atomic mass is 35.5. The summed E-state index contributed by atoms with van der Waals surface area (Å²) >= 11 is 12.1. The normalized spacial score (nSPS) is 17.5. The molecule has 3 aromatic carbocycles. The van der Waals surface area contributed by atoms with Crippen molar-refractivity contribution in [2.24, 2.45) is 5.92 Å². The van der Waals surface area contributed by atoms with Crippen molar-refractivity contribution in [2.75, 3.05) is 18.4 Å². The van der Waals surface area contributed by atoms with Crippen molar-refractivity contribution < 1.29 is 13.2 Å². The van der Waals surface area contributed by atoms with E-state index in [1.807, 2.05) is 42.5 Å². The summed E-state index contributed by atoms with van der Waals surface area (Å²) in [7, 11) is -3.61. The number of sulfonamides is 1. The van der Waals surface area contributed by atoms with E-state index >= 15 is 0 Å². The molecule has 0 bridgehead atoms. The van der Waals surface area contributed by atoms with Gasteiger partial charge in [0.15, 0.2) is 0 Å². The molecular weight excluding hydrogens is 455 g/mol. The Morgan fingerprint density at radius 3 is 2.58 bits per heavy atom. The van der Waals surface area contributed by atoms with Crippen LogP contribution in [-0.2, 0) is 20.6 Å². The maximum atomic E-state index is 13.0. The first-order valence-corrected chi connectivity index (χ1v) is 12.4. The predicted molar refractivity (Wildman–Crippen MR) is 126 cm³/mol. The lowest BCUT2D eigenvalue weighted by atomic mass is 9.98. The maximum absolute atomic E-state index is 13.0. The number of hydrogen-bond acceptors (Lipinski definition) is 3. The second-order valence-corrected chi connectivity index (χ2v) is 10.6. The Morgan fingerprint density at radius 1 is 1.03 bits per heavy atom. The number of amides is 1. The van der Waals surface area contributed by atoms with Gasteiger partial charge < -0.3 is 5.32 Å². The van der Waals surface area contributed by atoms with E-state index in [-0.39, 0.29) is 18.2 Å². The van der Waals surface area contributed by atoms with Crippen LogP contribution in [0.3, 0.4) is 0 Å². The Hall–Kier alpha value is -2.12. The second-order valence-electron chi connectivity index (χ2n) is 7.74. The molecule has 1 amide bonds. The summed E-state index contributed by atoms with van der Waals surface area (Å²) in [6.07, 6.45) is 1.27. The fourth-order valence-corrected chi connectivity index (χ4v) is 6.04. The number of nitrogens with zero attached hydrogens (tertiary/aromatic N) is 1. The summed E-state index contributed by atoms with van der Waals surface area (Å²) in [4.78, 5) is 12.9. The number of rotatable bonds is 5. The van der Waals surface area contributed by atoms with Crippen LogP contribution in [0.2, 0.25) is 10.0 Å². The van der Waals surface area contributed by atoms with Crippen LogP contribution in [0.1, 0.15) is 18.4 Å². The van der Waals surface area contributed by atoms with Gasteiger partial charge in [-0.25, -0.2) is 12.7 Å². The Morgan fingerprint density at radius 2 is 1.81 bits per heavy atom. The fourth-order valence-electron chi connectivity index (χ4n) is 3.85. The zero-order chi connectivity index (χ0) is 22.0. The number of carbonyl (C=O) groups excluding carboxylic acids is 1. The molecule has 5 nitrogen and oxygen atoms in total. The summed E-state index contributed by atoms with van der Waals surface area (Å²) in [5.41, 5.74) is 1.20. The Labute approximate surface area is 192 Å². The third-order valence-electron chi connectivity index (χ3n) is 5.52. The van der Waals surface area contributed by atoms with Gasteiger partial charge in [0.25, 0.3) is 0 Å². The van der Waals surface area contributed by atoms with Crippen molar-refractivity contribution >= 4 is 55.6 Å². The molecule has 0 unspecified atom stereocenters. The average Bonchev–Trinajstić information content (AvgIpc) is 2.76. The van der Waals surface area contributed by atoms with Crippen LogP contribution in [0.25, 0.3) is 10.8 Å². The van der Waals surface area contributed by atoms with E-state index in [1.54, 1.807) is 12.1 Å². The molecule has 0 radical (unpaired) electrons. The van der Waals surface area contributed by atoms with Gasteiger partial charge >= 0.3 is 0 Å². The van der Waals surface area contributed by atoms with E-state index in [0.717, 1.165) is 10.8 Å². The van der Waals surface area contributed by atoms with E-state index in [2.05, 4.69) is 5.32 Å². The molecule has 8 heteroatoms. The van der Waals surface area contributed by atoms with Crippen molar-refractivity contribution in [1.29, 1.82) is 0 Å². The number of benzene rings is 3. The molecule has 1 fully saturated rings. The maximum Gasteiger partial charge on any atom is 0.228 e. The minimum Gasteiger partial charge on any atom is -0.326 e. The zero-order valence-corrected chi connectivity index (χ0v) is 19.1. The number of fused-ring (bicyclic) bond motifs is 1. The third-order valence-corrected chi connectivity index (χ3v) is 7.90. The highest BCUT2D eigenvalue weighted by Gasteiger charge is 2.32. The third kappa shape index (κ3) is 5.21. The van der Waals surface area contributed by atoms with Crippen LogP contribution in [0, 0.1) is 5.92 Å². The van der Waals surface area contributed by atoms with Gasteiger partial charge in [0.1, 0.15) is 0 Å². The standard InChI is InChI=1S/C23H22Cl2N2O3S/c24-20-9-7-19(22(25)13-20)15-31(29,30)27-11-3-6-18(14-27)23(28)26-21-10-8-16-4-1-2-5-17(16)12-21/h1-2,4-5,7-10,12-13,18H,3,6,11,14-15H2,(H,26,28)/t18-/m0/s1. The highest BCUT2D eigenvalue weighted by molar-refractivity contribution is 7.88. The van der Waals surface area contributed by atoms with Crippen LogP contribution < -0.4 is 5.32 Å². The molecule has 1 saturated heterocycles. The van der Waals surface area contributed by atoms with Crippen LogP contribution in [-0.4, -0.2) is 31.7 Å². The summed E-state index contributed by atoms with van der Waals surface area (Å²) in [6, 6.07) is 18.4. The zero-order valence-electron chi connectivity index (χ0n) is 16.7. The van der Waals surface area contributed by atoms with Gasteiger partial charge in [-0.1, -0.05) is 59.6 Å². The molecule has 1 heterocycles. The van der Waals surface area contributed by atoms with Crippen LogP contribution in [0.5, 0.6) is 0 Å². The van der Waals surface area contributed by atoms with E-state index < -0.39 is 15.9 Å². The minimum atomic E-state index is -3.61. The first-order chi connectivity index (χ1) is 14.8. The lowest BCUT2D eigenvalue weighted by Gasteiger charge is -2.31. The SMILES string of the molecule is O=C(Nc1ccc2ccccc2c1)[C@H]1CCCN(S(=O)(=O)Cc2ccc(Cl)cc2Cl)C1. The van der Waals surface area contributed by atoms with E-state index in [1.165, 1.54) is 10.4 Å². The molecule has 1 aliphatic heterocycles. The molecule has 162 valence electrons. The van der Waals surface area contributed by atoms with Gasteiger partial charge in [-0.2, -0.15) is 0 Å².